The highest BCUT2D eigenvalue weighted by molar-refractivity contribution is 7.99. The van der Waals surface area contributed by atoms with Crippen molar-refractivity contribution in [2.45, 2.75) is 29.4 Å². The first-order chi connectivity index (χ1) is 11.1. The van der Waals surface area contributed by atoms with Gasteiger partial charge in [-0.1, -0.05) is 29.5 Å². The van der Waals surface area contributed by atoms with E-state index >= 15 is 0 Å². The van der Waals surface area contributed by atoms with Crippen LogP contribution in [-0.2, 0) is 14.3 Å². The lowest BCUT2D eigenvalue weighted by Gasteiger charge is -2.11. The minimum atomic E-state index is -0.820. The molecule has 3 rings (SSSR count). The molecule has 0 saturated carbocycles. The molecule has 118 valence electrons. The molecular formula is C17H15NO4S. The van der Waals surface area contributed by atoms with Crippen molar-refractivity contribution in [2.24, 2.45) is 0 Å². The summed E-state index contributed by atoms with van der Waals surface area (Å²) in [6, 6.07) is 11.3. The van der Waals surface area contributed by atoms with Crippen LogP contribution in [-0.4, -0.2) is 29.6 Å². The number of ether oxygens (including phenoxy) is 2. The Labute approximate surface area is 138 Å². The molecule has 2 heterocycles. The van der Waals surface area contributed by atoms with Crippen LogP contribution in [0.1, 0.15) is 22.3 Å². The monoisotopic (exact) mass is 329 g/mol. The minimum absolute atomic E-state index is 0.287. The third-order valence-electron chi connectivity index (χ3n) is 3.36. The number of carbonyl (C=O) groups is 2. The number of pyridine rings is 1. The highest BCUT2D eigenvalue weighted by Crippen LogP contribution is 2.29. The van der Waals surface area contributed by atoms with Gasteiger partial charge in [-0.05, 0) is 31.2 Å². The van der Waals surface area contributed by atoms with Crippen molar-refractivity contribution in [2.75, 3.05) is 6.61 Å². The average molecular weight is 329 g/mol. The molecule has 6 heteroatoms. The molecule has 2 aromatic rings. The molecule has 0 bridgehead atoms. The van der Waals surface area contributed by atoms with Gasteiger partial charge in [-0.25, -0.2) is 14.6 Å². The largest absolute Gasteiger partial charge is 0.463 e. The van der Waals surface area contributed by atoms with Crippen molar-refractivity contribution in [3.63, 3.8) is 0 Å². The number of carbonyl (C=O) groups excluding carboxylic acids is 2. The molecule has 0 aliphatic carbocycles. The van der Waals surface area contributed by atoms with Crippen LogP contribution in [0.25, 0.3) is 0 Å². The maximum Gasteiger partial charge on any atom is 0.347 e. The smallest absolute Gasteiger partial charge is 0.347 e. The van der Waals surface area contributed by atoms with Crippen molar-refractivity contribution in [1.82, 2.24) is 4.98 Å². The molecular weight excluding hydrogens is 314 g/mol. The molecule has 23 heavy (non-hydrogen) atoms. The van der Waals surface area contributed by atoms with E-state index < -0.39 is 18.0 Å². The fourth-order valence-electron chi connectivity index (χ4n) is 2.12. The van der Waals surface area contributed by atoms with Crippen LogP contribution in [0.3, 0.4) is 0 Å². The zero-order valence-corrected chi connectivity index (χ0v) is 13.3. The van der Waals surface area contributed by atoms with E-state index in [1.54, 1.807) is 18.3 Å². The van der Waals surface area contributed by atoms with Crippen LogP contribution in [0.4, 0.5) is 0 Å². The second kappa shape index (κ2) is 6.83. The predicted octanol–water partition coefficient (Wildman–Crippen LogP) is 3.01. The van der Waals surface area contributed by atoms with Gasteiger partial charge in [0.1, 0.15) is 5.03 Å². The number of aromatic nitrogens is 1. The van der Waals surface area contributed by atoms with E-state index in [0.29, 0.717) is 17.0 Å². The quantitative estimate of drug-likeness (QED) is 0.803. The molecule has 5 nitrogen and oxygen atoms in total. The van der Waals surface area contributed by atoms with E-state index in [2.05, 4.69) is 4.98 Å². The average Bonchev–Trinajstić information content (AvgIpc) is 2.95. The Hall–Kier alpha value is -2.34. The summed E-state index contributed by atoms with van der Waals surface area (Å²) in [6.45, 7) is 2.30. The van der Waals surface area contributed by atoms with Crippen LogP contribution < -0.4 is 0 Å². The summed E-state index contributed by atoms with van der Waals surface area (Å²) in [5.41, 5.74) is 1.51. The van der Waals surface area contributed by atoms with Crippen molar-refractivity contribution < 1.29 is 19.1 Å². The maximum atomic E-state index is 12.3. The molecule has 1 aliphatic heterocycles. The molecule has 0 N–H and O–H groups in total. The number of aryl methyl sites for hydroxylation is 1. The van der Waals surface area contributed by atoms with Crippen LogP contribution >= 0.6 is 11.8 Å². The summed E-state index contributed by atoms with van der Waals surface area (Å²) in [4.78, 5) is 29.0. The number of nitrogens with zero attached hydrogens (tertiary/aromatic N) is 1. The minimum Gasteiger partial charge on any atom is -0.463 e. The van der Waals surface area contributed by atoms with Gasteiger partial charge in [0.25, 0.3) is 0 Å². The standard InChI is InChI=1S/C17H15NO4S/c1-11-4-6-12(7-5-11)23-15-13(3-2-9-18-15)16(19)22-14-8-10-21-17(14)20/h2-7,9,14H,8,10H2,1H3/t14-/m0/s1. The predicted molar refractivity (Wildman–Crippen MR) is 84.3 cm³/mol. The molecule has 1 atom stereocenters. The normalized spacial score (nSPS) is 16.9. The lowest BCUT2D eigenvalue weighted by Crippen LogP contribution is -2.23. The van der Waals surface area contributed by atoms with Gasteiger partial charge >= 0.3 is 11.9 Å². The molecule has 1 fully saturated rings. The van der Waals surface area contributed by atoms with Crippen molar-refractivity contribution in [3.8, 4) is 0 Å². The first kappa shape index (κ1) is 15.6. The van der Waals surface area contributed by atoms with Crippen molar-refractivity contribution in [3.05, 3.63) is 53.7 Å². The number of esters is 2. The van der Waals surface area contributed by atoms with Crippen LogP contribution in [0.2, 0.25) is 0 Å². The van der Waals surface area contributed by atoms with E-state index in [9.17, 15) is 9.59 Å². The lowest BCUT2D eigenvalue weighted by atomic mass is 10.2. The Kier molecular flexibility index (Phi) is 4.62. The summed E-state index contributed by atoms with van der Waals surface area (Å²) in [5.74, 6) is -1.05. The van der Waals surface area contributed by atoms with E-state index in [1.165, 1.54) is 11.8 Å². The molecule has 1 aliphatic rings. The Bertz CT molecular complexity index is 730. The highest BCUT2D eigenvalue weighted by Gasteiger charge is 2.31. The van der Waals surface area contributed by atoms with E-state index in [4.69, 9.17) is 9.47 Å². The van der Waals surface area contributed by atoms with Gasteiger partial charge in [-0.3, -0.25) is 0 Å². The molecule has 0 spiro atoms. The lowest BCUT2D eigenvalue weighted by molar-refractivity contribution is -0.145. The van der Waals surface area contributed by atoms with Crippen molar-refractivity contribution >= 4 is 23.7 Å². The topological polar surface area (TPSA) is 65.5 Å². The van der Waals surface area contributed by atoms with E-state index in [1.807, 2.05) is 31.2 Å². The fraction of sp³-hybridized carbons (Fsp3) is 0.235. The zero-order chi connectivity index (χ0) is 16.2. The van der Waals surface area contributed by atoms with Gasteiger partial charge in [0.2, 0.25) is 6.10 Å². The second-order valence-corrected chi connectivity index (χ2v) is 6.18. The van der Waals surface area contributed by atoms with Gasteiger partial charge in [-0.2, -0.15) is 0 Å². The number of hydrogen-bond donors (Lipinski definition) is 0. The molecule has 1 saturated heterocycles. The third-order valence-corrected chi connectivity index (χ3v) is 4.39. The van der Waals surface area contributed by atoms with Gasteiger partial charge in [0.05, 0.1) is 12.2 Å². The maximum absolute atomic E-state index is 12.3. The van der Waals surface area contributed by atoms with E-state index in [-0.39, 0.29) is 6.61 Å². The first-order valence-corrected chi connectivity index (χ1v) is 8.02. The third kappa shape index (κ3) is 3.71. The number of cyclic esters (lactones) is 1. The summed E-state index contributed by atoms with van der Waals surface area (Å²) in [5, 5.41) is 0.549. The van der Waals surface area contributed by atoms with Gasteiger partial charge in [-0.15, -0.1) is 0 Å². The molecule has 1 aromatic heterocycles. The van der Waals surface area contributed by atoms with Gasteiger partial charge in [0, 0.05) is 17.5 Å². The summed E-state index contributed by atoms with van der Waals surface area (Å²) in [6.07, 6.45) is 1.20. The molecule has 0 amide bonds. The second-order valence-electron chi connectivity index (χ2n) is 5.12. The SMILES string of the molecule is Cc1ccc(Sc2ncccc2C(=O)O[C@H]2CCOC2=O)cc1. The fourth-order valence-corrected chi connectivity index (χ4v) is 2.99. The Morgan fingerprint density at radius 3 is 2.78 bits per heavy atom. The van der Waals surface area contributed by atoms with Gasteiger partial charge < -0.3 is 9.47 Å². The summed E-state index contributed by atoms with van der Waals surface area (Å²) >= 11 is 1.38. The summed E-state index contributed by atoms with van der Waals surface area (Å²) < 4.78 is 10.0. The Balaban J connectivity index is 1.78. The molecule has 0 unspecified atom stereocenters. The number of hydrogen-bond acceptors (Lipinski definition) is 6. The van der Waals surface area contributed by atoms with Crippen molar-refractivity contribution in [1.29, 1.82) is 0 Å². The zero-order valence-electron chi connectivity index (χ0n) is 12.5. The van der Waals surface area contributed by atoms with Crippen LogP contribution in [0, 0.1) is 6.92 Å². The summed E-state index contributed by atoms with van der Waals surface area (Å²) in [7, 11) is 0. The highest BCUT2D eigenvalue weighted by atomic mass is 32.2. The molecule has 0 radical (unpaired) electrons. The first-order valence-electron chi connectivity index (χ1n) is 7.20. The molecule has 1 aromatic carbocycles. The number of rotatable bonds is 4. The van der Waals surface area contributed by atoms with Crippen LogP contribution in [0.5, 0.6) is 0 Å². The number of benzene rings is 1. The Morgan fingerprint density at radius 1 is 1.30 bits per heavy atom. The van der Waals surface area contributed by atoms with Gasteiger partial charge in [0.15, 0.2) is 0 Å². The van der Waals surface area contributed by atoms with Crippen LogP contribution in [0.15, 0.2) is 52.5 Å². The van der Waals surface area contributed by atoms with E-state index in [0.717, 1.165) is 10.5 Å². The Morgan fingerprint density at radius 2 is 2.09 bits per heavy atom.